The van der Waals surface area contributed by atoms with Crippen LogP contribution in [0, 0.1) is 5.92 Å². The maximum atomic E-state index is 13.3. The number of benzene rings is 2. The van der Waals surface area contributed by atoms with Gasteiger partial charge in [0.2, 0.25) is 21.8 Å². The molecule has 0 aromatic heterocycles. The largest absolute Gasteiger partial charge is 0.488 e. The van der Waals surface area contributed by atoms with Crippen molar-refractivity contribution in [2.45, 2.75) is 38.8 Å². The van der Waals surface area contributed by atoms with Gasteiger partial charge in [-0.15, -0.1) is 0 Å². The molecule has 0 fully saturated rings. The van der Waals surface area contributed by atoms with Crippen LogP contribution < -0.4 is 10.1 Å². The summed E-state index contributed by atoms with van der Waals surface area (Å²) in [6.07, 6.45) is 0.825. The van der Waals surface area contributed by atoms with Crippen molar-refractivity contribution in [2.24, 2.45) is 5.92 Å². The van der Waals surface area contributed by atoms with Gasteiger partial charge in [-0.25, -0.2) is 12.7 Å². The van der Waals surface area contributed by atoms with Crippen molar-refractivity contribution in [1.29, 1.82) is 0 Å². The molecule has 0 unspecified atom stereocenters. The molecular formula is C26H35N3O6S. The topological polar surface area (TPSA) is 116 Å². The summed E-state index contributed by atoms with van der Waals surface area (Å²) in [7, 11) is -1.95. The number of ether oxygens (including phenoxy) is 1. The molecule has 0 aliphatic carbocycles. The molecule has 0 bridgehead atoms. The smallest absolute Gasteiger partial charge is 0.228 e. The van der Waals surface area contributed by atoms with Crippen LogP contribution in [0.25, 0.3) is 0 Å². The van der Waals surface area contributed by atoms with Crippen LogP contribution in [0.15, 0.2) is 48.5 Å². The van der Waals surface area contributed by atoms with Crippen molar-refractivity contribution in [1.82, 2.24) is 9.21 Å². The minimum atomic E-state index is -3.44. The summed E-state index contributed by atoms with van der Waals surface area (Å²) < 4.78 is 31.6. The third-order valence-corrected chi connectivity index (χ3v) is 7.69. The molecule has 2 amide bonds. The highest BCUT2D eigenvalue weighted by atomic mass is 32.2. The highest BCUT2D eigenvalue weighted by Gasteiger charge is 2.32. The fraction of sp³-hybridized carbons (Fsp3) is 0.462. The normalized spacial score (nSPS) is 19.5. The van der Waals surface area contributed by atoms with Gasteiger partial charge in [-0.2, -0.15) is 0 Å². The second kappa shape index (κ2) is 11.9. The van der Waals surface area contributed by atoms with Crippen LogP contribution in [-0.2, 0) is 32.5 Å². The number of aliphatic hydroxyl groups excluding tert-OH is 1. The number of sulfonamides is 1. The van der Waals surface area contributed by atoms with E-state index in [9.17, 15) is 23.1 Å². The summed E-state index contributed by atoms with van der Waals surface area (Å²) in [5.41, 5.74) is 2.00. The van der Waals surface area contributed by atoms with E-state index in [-0.39, 0.29) is 43.7 Å². The maximum absolute atomic E-state index is 13.3. The van der Waals surface area contributed by atoms with E-state index in [4.69, 9.17) is 4.74 Å². The summed E-state index contributed by atoms with van der Waals surface area (Å²) in [4.78, 5) is 27.4. The lowest BCUT2D eigenvalue weighted by Gasteiger charge is -2.33. The number of rotatable bonds is 8. The van der Waals surface area contributed by atoms with Crippen LogP contribution >= 0.6 is 0 Å². The molecule has 2 aromatic carbocycles. The number of carbonyl (C=O) groups is 2. The zero-order chi connectivity index (χ0) is 26.5. The van der Waals surface area contributed by atoms with Crippen LogP contribution in [-0.4, -0.2) is 79.7 Å². The first-order valence-corrected chi connectivity index (χ1v) is 13.8. The van der Waals surface area contributed by atoms with Gasteiger partial charge in [-0.1, -0.05) is 37.3 Å². The Morgan fingerprint density at radius 2 is 1.94 bits per heavy atom. The molecule has 1 aliphatic rings. The highest BCUT2D eigenvalue weighted by Crippen LogP contribution is 2.29. The molecule has 0 spiro atoms. The van der Waals surface area contributed by atoms with Gasteiger partial charge in [0.05, 0.1) is 38.3 Å². The molecule has 36 heavy (non-hydrogen) atoms. The predicted molar refractivity (Wildman–Crippen MR) is 138 cm³/mol. The van der Waals surface area contributed by atoms with Crippen molar-refractivity contribution >= 4 is 27.5 Å². The second-order valence-electron chi connectivity index (χ2n) is 9.46. The fourth-order valence-electron chi connectivity index (χ4n) is 4.10. The fourth-order valence-corrected chi connectivity index (χ4v) is 4.52. The Kier molecular flexibility index (Phi) is 9.10. The lowest BCUT2D eigenvalue weighted by molar-refractivity contribution is -0.134. The van der Waals surface area contributed by atoms with Crippen LogP contribution in [0.5, 0.6) is 5.75 Å². The zero-order valence-electron chi connectivity index (χ0n) is 21.2. The zero-order valence-corrected chi connectivity index (χ0v) is 22.0. The Labute approximate surface area is 213 Å². The van der Waals surface area contributed by atoms with Crippen molar-refractivity contribution < 1.29 is 27.9 Å². The van der Waals surface area contributed by atoms with E-state index in [1.54, 1.807) is 30.0 Å². The van der Waals surface area contributed by atoms with Gasteiger partial charge in [-0.05, 0) is 30.7 Å². The van der Waals surface area contributed by atoms with Crippen molar-refractivity contribution in [2.75, 3.05) is 38.3 Å². The average molecular weight is 518 g/mol. The molecule has 196 valence electrons. The van der Waals surface area contributed by atoms with Gasteiger partial charge < -0.3 is 20.1 Å². The average Bonchev–Trinajstić information content (AvgIpc) is 2.86. The molecule has 10 heteroatoms. The third kappa shape index (κ3) is 7.28. The first-order valence-electron chi connectivity index (χ1n) is 11.9. The Hall–Kier alpha value is -2.95. The van der Waals surface area contributed by atoms with Crippen molar-refractivity contribution in [3.05, 3.63) is 59.7 Å². The Balaban J connectivity index is 1.90. The van der Waals surface area contributed by atoms with E-state index in [0.29, 0.717) is 23.5 Å². The molecule has 3 atom stereocenters. The van der Waals surface area contributed by atoms with Crippen LogP contribution in [0.2, 0.25) is 0 Å². The van der Waals surface area contributed by atoms with Gasteiger partial charge in [0.1, 0.15) is 11.9 Å². The number of carbonyl (C=O) groups excluding carboxylic acids is 2. The van der Waals surface area contributed by atoms with Crippen LogP contribution in [0.1, 0.15) is 25.0 Å². The number of amides is 2. The minimum Gasteiger partial charge on any atom is -0.488 e. The van der Waals surface area contributed by atoms with Crippen molar-refractivity contribution in [3.8, 4) is 5.75 Å². The molecule has 0 saturated heterocycles. The SMILES string of the molecule is C[C@H](CO)N1C[C@H](C)[C@@H](CN(C)S(C)(=O)=O)Oc2ccc(NC(=O)Cc3ccccc3)cc2CC1=O. The number of likely N-dealkylation sites (N-methyl/N-ethyl adjacent to an activating group) is 1. The highest BCUT2D eigenvalue weighted by molar-refractivity contribution is 7.88. The maximum Gasteiger partial charge on any atom is 0.228 e. The molecule has 9 nitrogen and oxygen atoms in total. The van der Waals surface area contributed by atoms with Gasteiger partial charge >= 0.3 is 0 Å². The van der Waals surface area contributed by atoms with E-state index in [2.05, 4.69) is 5.32 Å². The third-order valence-electron chi connectivity index (χ3n) is 6.41. The molecule has 3 rings (SSSR count). The van der Waals surface area contributed by atoms with Gasteiger partial charge in [-0.3, -0.25) is 9.59 Å². The molecule has 0 radical (unpaired) electrons. The van der Waals surface area contributed by atoms with E-state index >= 15 is 0 Å². The first kappa shape index (κ1) is 27.6. The number of fused-ring (bicyclic) bond motifs is 1. The number of nitrogens with one attached hydrogen (secondary N) is 1. The Bertz CT molecular complexity index is 1170. The summed E-state index contributed by atoms with van der Waals surface area (Å²) in [6, 6.07) is 14.1. The summed E-state index contributed by atoms with van der Waals surface area (Å²) in [5.74, 6) is -0.128. The summed E-state index contributed by atoms with van der Waals surface area (Å²) >= 11 is 0. The quantitative estimate of drug-likeness (QED) is 0.553. The van der Waals surface area contributed by atoms with Gasteiger partial charge in [0.25, 0.3) is 0 Å². The Morgan fingerprint density at radius 1 is 1.25 bits per heavy atom. The lowest BCUT2D eigenvalue weighted by Crippen LogP contribution is -2.48. The Morgan fingerprint density at radius 3 is 2.58 bits per heavy atom. The first-order chi connectivity index (χ1) is 17.0. The summed E-state index contributed by atoms with van der Waals surface area (Å²) in [5, 5.41) is 12.6. The molecule has 1 aliphatic heterocycles. The molecular weight excluding hydrogens is 482 g/mol. The van der Waals surface area contributed by atoms with E-state index in [0.717, 1.165) is 11.8 Å². The van der Waals surface area contributed by atoms with Crippen molar-refractivity contribution in [3.63, 3.8) is 0 Å². The molecule has 2 N–H and O–H groups in total. The standard InChI is InChI=1S/C26H35N3O6S/c1-18-15-29(19(2)17-30)26(32)14-21-13-22(27-25(31)12-20-8-6-5-7-9-20)10-11-23(21)35-24(18)16-28(3)36(4,33)34/h5-11,13,18-19,24,30H,12,14-17H2,1-4H3,(H,27,31)/t18-,19+,24+/m0/s1. The lowest BCUT2D eigenvalue weighted by atomic mass is 10.0. The molecule has 2 aromatic rings. The van der Waals surface area contributed by atoms with E-state index < -0.39 is 22.2 Å². The van der Waals surface area contributed by atoms with E-state index in [1.807, 2.05) is 37.3 Å². The number of hydrogen-bond donors (Lipinski definition) is 2. The van der Waals surface area contributed by atoms with Gasteiger partial charge in [0.15, 0.2) is 0 Å². The molecule has 1 heterocycles. The van der Waals surface area contributed by atoms with E-state index in [1.165, 1.54) is 11.4 Å². The van der Waals surface area contributed by atoms with Crippen LogP contribution in [0.3, 0.4) is 0 Å². The number of nitrogens with zero attached hydrogens (tertiary/aromatic N) is 2. The monoisotopic (exact) mass is 517 g/mol. The molecule has 0 saturated carbocycles. The minimum absolute atomic E-state index is 0.0173. The number of aliphatic hydroxyl groups is 1. The predicted octanol–water partition coefficient (Wildman–Crippen LogP) is 1.91. The summed E-state index contributed by atoms with van der Waals surface area (Å²) in [6.45, 7) is 3.87. The van der Waals surface area contributed by atoms with Crippen LogP contribution in [0.4, 0.5) is 5.69 Å². The number of anilines is 1. The number of hydrogen-bond acceptors (Lipinski definition) is 6. The van der Waals surface area contributed by atoms with Gasteiger partial charge in [0, 0.05) is 30.8 Å². The second-order valence-corrected chi connectivity index (χ2v) is 11.6.